The molecule has 3 heterocycles. The molecule has 11 rings (SSSR count). The third-order valence-corrected chi connectivity index (χ3v) is 10.3. The van der Waals surface area contributed by atoms with Gasteiger partial charge < -0.3 is 18.5 Å². The number of rotatable bonds is 4. The Morgan fingerprint density at radius 2 is 0.885 bits per heavy atom. The van der Waals surface area contributed by atoms with Crippen molar-refractivity contribution in [2.24, 2.45) is 0 Å². The first-order valence-corrected chi connectivity index (χ1v) is 17.5. The quantitative estimate of drug-likeness (QED) is 0.187. The summed E-state index contributed by atoms with van der Waals surface area (Å²) in [6.07, 6.45) is 0. The molecule has 0 bridgehead atoms. The molecule has 1 aliphatic rings. The lowest BCUT2D eigenvalue weighted by Gasteiger charge is -2.27. The van der Waals surface area contributed by atoms with Gasteiger partial charge in [0.15, 0.2) is 5.58 Å². The van der Waals surface area contributed by atoms with E-state index in [-0.39, 0.29) is 0 Å². The molecular formula is C48H29NO3. The molecule has 0 N–H and O–H groups in total. The van der Waals surface area contributed by atoms with Crippen LogP contribution >= 0.6 is 0 Å². The summed E-state index contributed by atoms with van der Waals surface area (Å²) in [5, 5.41) is 4.41. The van der Waals surface area contributed by atoms with Gasteiger partial charge in [-0.3, -0.25) is 0 Å². The second kappa shape index (κ2) is 11.2. The predicted octanol–water partition coefficient (Wildman–Crippen LogP) is 14.1. The third kappa shape index (κ3) is 4.34. The van der Waals surface area contributed by atoms with Gasteiger partial charge in [-0.2, -0.15) is 0 Å². The summed E-state index contributed by atoms with van der Waals surface area (Å²) in [6, 6.07) is 61.3. The van der Waals surface area contributed by atoms with Crippen LogP contribution in [0.15, 0.2) is 185 Å². The Morgan fingerprint density at radius 1 is 0.346 bits per heavy atom. The third-order valence-electron chi connectivity index (χ3n) is 10.3. The van der Waals surface area contributed by atoms with E-state index >= 15 is 0 Å². The van der Waals surface area contributed by atoms with E-state index in [4.69, 9.17) is 13.6 Å². The number of nitrogens with zero attached hydrogens (tertiary/aromatic N) is 1. The van der Waals surface area contributed by atoms with Crippen LogP contribution in [0.1, 0.15) is 0 Å². The van der Waals surface area contributed by atoms with Gasteiger partial charge in [-0.05, 0) is 71.3 Å². The number of furan rings is 2. The van der Waals surface area contributed by atoms with E-state index in [0.717, 1.165) is 106 Å². The highest BCUT2D eigenvalue weighted by molar-refractivity contribution is 6.11. The van der Waals surface area contributed by atoms with Crippen LogP contribution in [0.25, 0.3) is 77.3 Å². The van der Waals surface area contributed by atoms with Gasteiger partial charge in [0.2, 0.25) is 0 Å². The maximum atomic E-state index is 6.64. The Kier molecular flexibility index (Phi) is 6.22. The van der Waals surface area contributed by atoms with Crippen LogP contribution in [0, 0.1) is 0 Å². The molecule has 0 aliphatic carbocycles. The monoisotopic (exact) mass is 667 g/mol. The van der Waals surface area contributed by atoms with Gasteiger partial charge in [0.1, 0.15) is 28.2 Å². The summed E-state index contributed by atoms with van der Waals surface area (Å²) in [6.45, 7) is 0. The molecule has 0 saturated heterocycles. The van der Waals surface area contributed by atoms with Crippen molar-refractivity contribution < 1.29 is 13.6 Å². The minimum absolute atomic E-state index is 0.834. The fourth-order valence-electron chi connectivity index (χ4n) is 7.90. The SMILES string of the molecule is c1ccc2c(c1)Oc1ccccc1-c1cc(N(c3ccc(-c4cccc5c4oc4ccccc45)cc3)c3cccc4c3oc3ccccc34)ccc1-2. The van der Waals surface area contributed by atoms with E-state index in [1.165, 1.54) is 0 Å². The maximum Gasteiger partial charge on any atom is 0.159 e. The number of hydrogen-bond acceptors (Lipinski definition) is 4. The van der Waals surface area contributed by atoms with Crippen LogP contribution in [-0.2, 0) is 0 Å². The first kappa shape index (κ1) is 28.8. The lowest BCUT2D eigenvalue weighted by atomic mass is 9.93. The zero-order chi connectivity index (χ0) is 34.2. The fourth-order valence-corrected chi connectivity index (χ4v) is 7.90. The Hall–Kier alpha value is -7.04. The molecule has 0 saturated carbocycles. The van der Waals surface area contributed by atoms with E-state index in [1.54, 1.807) is 0 Å². The normalized spacial score (nSPS) is 12.0. The first-order chi connectivity index (χ1) is 25.8. The van der Waals surface area contributed by atoms with Crippen molar-refractivity contribution >= 4 is 60.9 Å². The molecule has 52 heavy (non-hydrogen) atoms. The molecule has 0 unspecified atom stereocenters. The highest BCUT2D eigenvalue weighted by atomic mass is 16.5. The Morgan fingerprint density at radius 3 is 1.62 bits per heavy atom. The minimum Gasteiger partial charge on any atom is -0.456 e. The van der Waals surface area contributed by atoms with E-state index in [9.17, 15) is 0 Å². The van der Waals surface area contributed by atoms with Gasteiger partial charge in [0, 0.05) is 49.6 Å². The van der Waals surface area contributed by atoms with Gasteiger partial charge in [0.25, 0.3) is 0 Å². The van der Waals surface area contributed by atoms with Crippen molar-refractivity contribution in [1.29, 1.82) is 0 Å². The number of benzene rings is 8. The molecule has 0 radical (unpaired) electrons. The zero-order valence-electron chi connectivity index (χ0n) is 27.9. The predicted molar refractivity (Wildman–Crippen MR) is 212 cm³/mol. The van der Waals surface area contributed by atoms with E-state index in [2.05, 4.69) is 132 Å². The van der Waals surface area contributed by atoms with Crippen molar-refractivity contribution in [2.75, 3.05) is 4.90 Å². The molecule has 0 amide bonds. The van der Waals surface area contributed by atoms with Gasteiger partial charge in [0.05, 0.1) is 5.69 Å². The molecule has 2 aromatic heterocycles. The molecule has 4 heteroatoms. The average molecular weight is 668 g/mol. The summed E-state index contributed by atoms with van der Waals surface area (Å²) in [4.78, 5) is 2.30. The molecule has 0 fully saturated rings. The van der Waals surface area contributed by atoms with Crippen LogP contribution < -0.4 is 9.64 Å². The number of ether oxygens (including phenoxy) is 1. The lowest BCUT2D eigenvalue weighted by molar-refractivity contribution is 0.488. The Balaban J connectivity index is 1.12. The summed E-state index contributed by atoms with van der Waals surface area (Å²) in [5.74, 6) is 1.68. The van der Waals surface area contributed by atoms with Crippen LogP contribution in [0.4, 0.5) is 17.1 Å². The number of para-hydroxylation sites is 6. The Labute approximate surface area is 299 Å². The van der Waals surface area contributed by atoms with Gasteiger partial charge in [-0.15, -0.1) is 0 Å². The van der Waals surface area contributed by atoms with Crippen molar-refractivity contribution in [2.45, 2.75) is 0 Å². The zero-order valence-corrected chi connectivity index (χ0v) is 27.9. The van der Waals surface area contributed by atoms with Crippen LogP contribution in [0.3, 0.4) is 0 Å². The minimum atomic E-state index is 0.834. The molecule has 1 aliphatic heterocycles. The standard InChI is InChI=1S/C48H29NO3/c1-5-19-43-35(11-1)34-28-27-32(29-41(34)38-14-4-6-20-44(38)50-43)49(42-18-10-17-40-37-13-3-8-22-46(37)52-48(40)42)31-25-23-30(24-26-31)33-15-9-16-39-36-12-2-7-21-45(36)51-47(33)39/h1-29H. The molecule has 10 aromatic rings. The highest BCUT2D eigenvalue weighted by Crippen LogP contribution is 2.50. The van der Waals surface area contributed by atoms with Crippen molar-refractivity contribution in [3.05, 3.63) is 176 Å². The molecule has 4 nitrogen and oxygen atoms in total. The molecular weight excluding hydrogens is 639 g/mol. The van der Waals surface area contributed by atoms with Crippen LogP contribution in [0.5, 0.6) is 11.5 Å². The molecule has 8 aromatic carbocycles. The number of anilines is 3. The maximum absolute atomic E-state index is 6.64. The Bertz CT molecular complexity index is 3000. The van der Waals surface area contributed by atoms with Crippen molar-refractivity contribution in [3.63, 3.8) is 0 Å². The van der Waals surface area contributed by atoms with Gasteiger partial charge in [-0.25, -0.2) is 0 Å². The highest BCUT2D eigenvalue weighted by Gasteiger charge is 2.24. The smallest absolute Gasteiger partial charge is 0.159 e. The lowest BCUT2D eigenvalue weighted by Crippen LogP contribution is -2.10. The average Bonchev–Trinajstić information content (AvgIpc) is 3.74. The summed E-state index contributed by atoms with van der Waals surface area (Å²) >= 11 is 0. The number of fused-ring (bicyclic) bond motifs is 11. The fraction of sp³-hybridized carbons (Fsp3) is 0. The summed E-state index contributed by atoms with van der Waals surface area (Å²) in [7, 11) is 0. The second-order valence-corrected chi connectivity index (χ2v) is 13.2. The van der Waals surface area contributed by atoms with Crippen molar-refractivity contribution in [1.82, 2.24) is 0 Å². The van der Waals surface area contributed by atoms with Gasteiger partial charge in [-0.1, -0.05) is 121 Å². The van der Waals surface area contributed by atoms with E-state index < -0.39 is 0 Å². The number of hydrogen-bond donors (Lipinski definition) is 0. The van der Waals surface area contributed by atoms with Gasteiger partial charge >= 0.3 is 0 Å². The van der Waals surface area contributed by atoms with E-state index in [0.29, 0.717) is 0 Å². The largest absolute Gasteiger partial charge is 0.456 e. The summed E-state index contributed by atoms with van der Waals surface area (Å²) in [5.41, 5.74) is 12.9. The van der Waals surface area contributed by atoms with Crippen LogP contribution in [-0.4, -0.2) is 0 Å². The van der Waals surface area contributed by atoms with E-state index in [1.807, 2.05) is 48.5 Å². The molecule has 0 atom stereocenters. The second-order valence-electron chi connectivity index (χ2n) is 13.2. The van der Waals surface area contributed by atoms with Crippen molar-refractivity contribution in [3.8, 4) is 44.9 Å². The first-order valence-electron chi connectivity index (χ1n) is 17.5. The molecule has 244 valence electrons. The topological polar surface area (TPSA) is 38.8 Å². The van der Waals surface area contributed by atoms with Crippen LogP contribution in [0.2, 0.25) is 0 Å². The summed E-state index contributed by atoms with van der Waals surface area (Å²) < 4.78 is 19.6. The molecule has 0 spiro atoms.